The molecule has 0 bridgehead atoms. The van der Waals surface area contributed by atoms with Crippen molar-refractivity contribution in [1.29, 1.82) is 0 Å². The standard InChI is InChI=1S/C25H26FN3OS2.C4H4O4/c26-19-7-8-20-21(17-31-23(20)16-19)29-13-11-28(12-14-29)10-4-3-9-27-25(30)24-15-18-5-1-2-6-22(18)32-24;5-3(6)1-2-4(7)8/h1-2,5-8,15-17H,3-4,9-14H2,(H,27,30);1-2H,(H,5,6)(H,7,8)/b;2-1-. The molecule has 1 aliphatic rings. The molecule has 0 spiro atoms. The van der Waals surface area contributed by atoms with Gasteiger partial charge in [-0.25, -0.2) is 14.0 Å². The fraction of sp³-hybridized carbons (Fsp3) is 0.276. The van der Waals surface area contributed by atoms with E-state index in [0.717, 1.165) is 70.6 Å². The average Bonchev–Trinajstić information content (AvgIpc) is 3.56. The summed E-state index contributed by atoms with van der Waals surface area (Å²) in [6, 6.07) is 15.1. The van der Waals surface area contributed by atoms with E-state index in [4.69, 9.17) is 10.2 Å². The Morgan fingerprint density at radius 3 is 2.35 bits per heavy atom. The number of unbranched alkanes of at least 4 members (excludes halogenated alkanes) is 1. The van der Waals surface area contributed by atoms with E-state index in [1.165, 1.54) is 5.69 Å². The van der Waals surface area contributed by atoms with Crippen LogP contribution in [0.1, 0.15) is 22.5 Å². The Bertz CT molecular complexity index is 1460. The number of anilines is 1. The van der Waals surface area contributed by atoms with Crippen LogP contribution in [0.3, 0.4) is 0 Å². The molecule has 3 heterocycles. The highest BCUT2D eigenvalue weighted by molar-refractivity contribution is 7.20. The molecule has 40 heavy (non-hydrogen) atoms. The number of nitrogens with zero attached hydrogens (tertiary/aromatic N) is 2. The van der Waals surface area contributed by atoms with Crippen molar-refractivity contribution in [2.75, 3.05) is 44.2 Å². The first-order chi connectivity index (χ1) is 19.3. The summed E-state index contributed by atoms with van der Waals surface area (Å²) in [7, 11) is 0. The first kappa shape index (κ1) is 29.2. The van der Waals surface area contributed by atoms with Gasteiger partial charge in [0.1, 0.15) is 5.82 Å². The Balaban J connectivity index is 0.000000406. The highest BCUT2D eigenvalue weighted by Crippen LogP contribution is 2.34. The van der Waals surface area contributed by atoms with Gasteiger partial charge in [0, 0.05) is 65.0 Å². The number of hydrogen-bond acceptors (Lipinski definition) is 7. The van der Waals surface area contributed by atoms with E-state index in [-0.39, 0.29) is 11.7 Å². The summed E-state index contributed by atoms with van der Waals surface area (Å²) >= 11 is 3.16. The molecule has 0 aliphatic carbocycles. The number of amides is 1. The SMILES string of the molecule is O=C(NCCCCN1CCN(c2csc3cc(F)ccc23)CC1)c1cc2ccccc2s1.O=C(O)/C=C\C(=O)O. The second-order valence-electron chi connectivity index (χ2n) is 9.21. The number of thiophene rings is 2. The molecular formula is C29H30FN3O5S2. The lowest BCUT2D eigenvalue weighted by Crippen LogP contribution is -2.46. The van der Waals surface area contributed by atoms with E-state index in [2.05, 4.69) is 26.6 Å². The Kier molecular flexibility index (Phi) is 10.2. The molecule has 2 aromatic heterocycles. The van der Waals surface area contributed by atoms with Crippen LogP contribution < -0.4 is 10.2 Å². The van der Waals surface area contributed by atoms with Crippen molar-refractivity contribution in [3.05, 3.63) is 76.8 Å². The second kappa shape index (κ2) is 14.0. The third kappa shape index (κ3) is 8.10. The van der Waals surface area contributed by atoms with Gasteiger partial charge in [0.15, 0.2) is 0 Å². The molecule has 0 radical (unpaired) electrons. The van der Waals surface area contributed by atoms with Gasteiger partial charge in [-0.3, -0.25) is 9.69 Å². The topological polar surface area (TPSA) is 110 Å². The number of rotatable bonds is 9. The highest BCUT2D eigenvalue weighted by atomic mass is 32.1. The van der Waals surface area contributed by atoms with Crippen LogP contribution in [0.4, 0.5) is 10.1 Å². The number of carboxylic acid groups (broad SMARTS) is 2. The van der Waals surface area contributed by atoms with Crippen molar-refractivity contribution in [1.82, 2.24) is 10.2 Å². The molecule has 1 amide bonds. The zero-order valence-corrected chi connectivity index (χ0v) is 23.3. The molecule has 1 saturated heterocycles. The van der Waals surface area contributed by atoms with Crippen molar-refractivity contribution in [2.45, 2.75) is 12.8 Å². The van der Waals surface area contributed by atoms with E-state index < -0.39 is 11.9 Å². The summed E-state index contributed by atoms with van der Waals surface area (Å²) in [5.41, 5.74) is 1.23. The minimum absolute atomic E-state index is 0.0303. The normalized spacial score (nSPS) is 13.9. The van der Waals surface area contributed by atoms with Crippen molar-refractivity contribution >= 4 is 66.4 Å². The molecule has 1 aliphatic heterocycles. The molecule has 3 N–H and O–H groups in total. The maximum absolute atomic E-state index is 13.5. The Hall–Kier alpha value is -3.80. The summed E-state index contributed by atoms with van der Waals surface area (Å²) in [5, 5.41) is 23.1. The van der Waals surface area contributed by atoms with Crippen LogP contribution in [0.2, 0.25) is 0 Å². The van der Waals surface area contributed by atoms with Crippen molar-refractivity contribution in [2.24, 2.45) is 0 Å². The molecule has 2 aromatic carbocycles. The number of carbonyl (C=O) groups is 3. The summed E-state index contributed by atoms with van der Waals surface area (Å²) in [5.74, 6) is -2.65. The highest BCUT2D eigenvalue weighted by Gasteiger charge is 2.19. The average molecular weight is 584 g/mol. The summed E-state index contributed by atoms with van der Waals surface area (Å²) in [6.07, 6.45) is 3.18. The third-order valence-electron chi connectivity index (χ3n) is 6.43. The van der Waals surface area contributed by atoms with Crippen LogP contribution in [0, 0.1) is 5.82 Å². The number of aliphatic carboxylic acids is 2. The number of nitrogens with one attached hydrogen (secondary N) is 1. The lowest BCUT2D eigenvalue weighted by Gasteiger charge is -2.35. The van der Waals surface area contributed by atoms with Crippen molar-refractivity contribution in [3.8, 4) is 0 Å². The van der Waals surface area contributed by atoms with Gasteiger partial charge in [-0.05, 0) is 55.1 Å². The first-order valence-corrected chi connectivity index (χ1v) is 14.5. The molecule has 0 atom stereocenters. The molecule has 210 valence electrons. The Morgan fingerprint density at radius 2 is 1.65 bits per heavy atom. The quantitative estimate of drug-likeness (QED) is 0.181. The van der Waals surface area contributed by atoms with E-state index in [0.29, 0.717) is 18.7 Å². The summed E-state index contributed by atoms with van der Waals surface area (Å²) in [4.78, 5) is 37.2. The van der Waals surface area contributed by atoms with Gasteiger partial charge >= 0.3 is 11.9 Å². The maximum atomic E-state index is 13.5. The summed E-state index contributed by atoms with van der Waals surface area (Å²) in [6.45, 7) is 5.82. The smallest absolute Gasteiger partial charge is 0.328 e. The lowest BCUT2D eigenvalue weighted by atomic mass is 10.2. The van der Waals surface area contributed by atoms with Crippen LogP contribution in [0.15, 0.2) is 66.1 Å². The molecule has 1 fully saturated rings. The molecule has 5 rings (SSSR count). The Labute approximate surface area is 238 Å². The largest absolute Gasteiger partial charge is 0.478 e. The molecular weight excluding hydrogens is 553 g/mol. The number of fused-ring (bicyclic) bond motifs is 2. The van der Waals surface area contributed by atoms with Gasteiger partial charge in [-0.1, -0.05) is 18.2 Å². The van der Waals surface area contributed by atoms with Crippen LogP contribution in [-0.4, -0.2) is 72.2 Å². The molecule has 8 nitrogen and oxygen atoms in total. The van der Waals surface area contributed by atoms with E-state index >= 15 is 0 Å². The van der Waals surface area contributed by atoms with E-state index in [9.17, 15) is 18.8 Å². The first-order valence-electron chi connectivity index (χ1n) is 12.8. The van der Waals surface area contributed by atoms with Crippen LogP contribution in [0.25, 0.3) is 20.2 Å². The number of hydrogen-bond donors (Lipinski definition) is 3. The number of piperazine rings is 1. The molecule has 0 saturated carbocycles. The second-order valence-corrected chi connectivity index (χ2v) is 11.2. The molecule has 4 aromatic rings. The van der Waals surface area contributed by atoms with Crippen LogP contribution in [-0.2, 0) is 9.59 Å². The van der Waals surface area contributed by atoms with Gasteiger partial charge in [0.2, 0.25) is 0 Å². The van der Waals surface area contributed by atoms with E-state index in [1.54, 1.807) is 34.8 Å². The van der Waals surface area contributed by atoms with Gasteiger partial charge in [-0.2, -0.15) is 0 Å². The van der Waals surface area contributed by atoms with Crippen LogP contribution in [0.5, 0.6) is 0 Å². The fourth-order valence-corrected chi connectivity index (χ4v) is 6.41. The monoisotopic (exact) mass is 583 g/mol. The van der Waals surface area contributed by atoms with Crippen LogP contribution >= 0.6 is 22.7 Å². The Morgan fingerprint density at radius 1 is 0.925 bits per heavy atom. The number of halogens is 1. The number of benzene rings is 2. The van der Waals surface area contributed by atoms with Gasteiger partial charge < -0.3 is 20.4 Å². The molecule has 0 unspecified atom stereocenters. The minimum atomic E-state index is -1.26. The fourth-order valence-electron chi connectivity index (χ4n) is 4.43. The van der Waals surface area contributed by atoms with Crippen molar-refractivity contribution in [3.63, 3.8) is 0 Å². The minimum Gasteiger partial charge on any atom is -0.478 e. The lowest BCUT2D eigenvalue weighted by molar-refractivity contribution is -0.134. The van der Waals surface area contributed by atoms with Crippen molar-refractivity contribution < 1.29 is 29.0 Å². The van der Waals surface area contributed by atoms with E-state index in [1.807, 2.05) is 30.3 Å². The zero-order valence-electron chi connectivity index (χ0n) is 21.7. The number of carboxylic acids is 2. The van der Waals surface area contributed by atoms with Gasteiger partial charge in [0.25, 0.3) is 5.91 Å². The predicted octanol–water partition coefficient (Wildman–Crippen LogP) is 5.30. The maximum Gasteiger partial charge on any atom is 0.328 e. The third-order valence-corrected chi connectivity index (χ3v) is 8.48. The zero-order chi connectivity index (χ0) is 28.5. The molecule has 11 heteroatoms. The number of carbonyl (C=O) groups excluding carboxylic acids is 1. The summed E-state index contributed by atoms with van der Waals surface area (Å²) < 4.78 is 15.6. The predicted molar refractivity (Wildman–Crippen MR) is 158 cm³/mol. The van der Waals surface area contributed by atoms with Gasteiger partial charge in [-0.15, -0.1) is 22.7 Å². The van der Waals surface area contributed by atoms with Gasteiger partial charge in [0.05, 0.1) is 10.6 Å².